The van der Waals surface area contributed by atoms with Crippen LogP contribution in [-0.2, 0) is 0 Å². The van der Waals surface area contributed by atoms with Crippen LogP contribution in [0.5, 0.6) is 0 Å². The zero-order valence-electron chi connectivity index (χ0n) is 9.65. The normalized spacial score (nSPS) is 18.6. The Balaban J connectivity index is 1.78. The highest BCUT2D eigenvalue weighted by Crippen LogP contribution is 2.31. The van der Waals surface area contributed by atoms with Crippen LogP contribution in [-0.4, -0.2) is 22.2 Å². The molecule has 3 nitrogen and oxygen atoms in total. The molecular weight excluding hydrogens is 232 g/mol. The first kappa shape index (κ1) is 11.0. The lowest BCUT2D eigenvalue weighted by molar-refractivity contribution is 0.0614. The van der Waals surface area contributed by atoms with Crippen LogP contribution in [0.25, 0.3) is 10.1 Å². The molecule has 90 valence electrons. The average Bonchev–Trinajstić information content (AvgIpc) is 2.95. The van der Waals surface area contributed by atoms with Crippen LogP contribution < -0.4 is 5.32 Å². The van der Waals surface area contributed by atoms with E-state index in [1.165, 1.54) is 4.70 Å². The lowest BCUT2D eigenvalue weighted by Gasteiger charge is -2.22. The topological polar surface area (TPSA) is 45.1 Å². The molecule has 0 amide bonds. The zero-order chi connectivity index (χ0) is 11.7. The van der Waals surface area contributed by atoms with Gasteiger partial charge in [-0.2, -0.15) is 0 Å². The number of anilines is 1. The van der Waals surface area contributed by atoms with E-state index in [4.69, 9.17) is 0 Å². The summed E-state index contributed by atoms with van der Waals surface area (Å²) in [6, 6.07) is 4.10. The van der Waals surface area contributed by atoms with E-state index in [1.807, 2.05) is 12.3 Å². The van der Waals surface area contributed by atoms with E-state index in [1.54, 1.807) is 11.3 Å². The van der Waals surface area contributed by atoms with E-state index in [9.17, 15) is 5.11 Å². The summed E-state index contributed by atoms with van der Waals surface area (Å²) >= 11 is 1.72. The van der Waals surface area contributed by atoms with Crippen molar-refractivity contribution in [2.75, 3.05) is 11.9 Å². The van der Waals surface area contributed by atoms with Crippen LogP contribution in [0.4, 0.5) is 5.82 Å². The summed E-state index contributed by atoms with van der Waals surface area (Å²) in [5, 5.41) is 16.8. The van der Waals surface area contributed by atoms with E-state index in [0.717, 1.165) is 36.9 Å². The molecule has 0 bridgehead atoms. The first-order valence-electron chi connectivity index (χ1n) is 6.05. The number of aromatic nitrogens is 1. The molecule has 2 heterocycles. The standard InChI is InChI=1S/C13H16N2OS/c16-13(5-1-2-6-13)9-15-12-10-4-8-17-11(10)3-7-14-12/h3-4,7-8,16H,1-2,5-6,9H2,(H,14,15). The molecule has 1 fully saturated rings. The van der Waals surface area contributed by atoms with Crippen molar-refractivity contribution in [2.24, 2.45) is 0 Å². The minimum atomic E-state index is -0.528. The maximum atomic E-state index is 10.3. The molecule has 0 atom stereocenters. The quantitative estimate of drug-likeness (QED) is 0.877. The lowest BCUT2D eigenvalue weighted by atomic mass is 10.0. The molecule has 17 heavy (non-hydrogen) atoms. The third kappa shape index (κ3) is 2.15. The van der Waals surface area contributed by atoms with Crippen LogP contribution in [0.2, 0.25) is 0 Å². The average molecular weight is 248 g/mol. The van der Waals surface area contributed by atoms with Crippen molar-refractivity contribution >= 4 is 27.2 Å². The summed E-state index contributed by atoms with van der Waals surface area (Å²) in [7, 11) is 0. The number of aliphatic hydroxyl groups is 1. The minimum absolute atomic E-state index is 0.528. The molecule has 1 saturated carbocycles. The Morgan fingerprint density at radius 1 is 1.35 bits per heavy atom. The minimum Gasteiger partial charge on any atom is -0.388 e. The van der Waals surface area contributed by atoms with Gasteiger partial charge in [-0.05, 0) is 30.4 Å². The SMILES string of the molecule is OC1(CNc2nccc3sccc23)CCCC1. The van der Waals surface area contributed by atoms with E-state index in [0.29, 0.717) is 6.54 Å². The monoisotopic (exact) mass is 248 g/mol. The third-order valence-corrected chi connectivity index (χ3v) is 4.38. The number of rotatable bonds is 3. The van der Waals surface area contributed by atoms with Gasteiger partial charge in [-0.3, -0.25) is 0 Å². The van der Waals surface area contributed by atoms with Crippen molar-refractivity contribution in [1.29, 1.82) is 0 Å². The Kier molecular flexibility index (Phi) is 2.76. The predicted octanol–water partition coefficient (Wildman–Crippen LogP) is 3.01. The molecule has 0 aliphatic heterocycles. The summed E-state index contributed by atoms with van der Waals surface area (Å²) in [6.45, 7) is 0.606. The van der Waals surface area contributed by atoms with Crippen molar-refractivity contribution in [1.82, 2.24) is 4.98 Å². The van der Waals surface area contributed by atoms with Crippen molar-refractivity contribution in [3.63, 3.8) is 0 Å². The number of hydrogen-bond donors (Lipinski definition) is 2. The smallest absolute Gasteiger partial charge is 0.134 e. The molecule has 4 heteroatoms. The predicted molar refractivity (Wildman–Crippen MR) is 71.5 cm³/mol. The van der Waals surface area contributed by atoms with Crippen LogP contribution in [0, 0.1) is 0 Å². The molecule has 2 N–H and O–H groups in total. The maximum absolute atomic E-state index is 10.3. The fraction of sp³-hybridized carbons (Fsp3) is 0.462. The second-order valence-corrected chi connectivity index (χ2v) is 5.72. The van der Waals surface area contributed by atoms with Crippen LogP contribution in [0.1, 0.15) is 25.7 Å². The van der Waals surface area contributed by atoms with Crippen molar-refractivity contribution < 1.29 is 5.11 Å². The van der Waals surface area contributed by atoms with E-state index in [2.05, 4.69) is 21.7 Å². The van der Waals surface area contributed by atoms with Gasteiger partial charge in [0, 0.05) is 22.8 Å². The summed E-state index contributed by atoms with van der Waals surface area (Å²) in [4.78, 5) is 4.36. The highest BCUT2D eigenvalue weighted by molar-refractivity contribution is 7.17. The van der Waals surface area contributed by atoms with E-state index in [-0.39, 0.29) is 0 Å². The largest absolute Gasteiger partial charge is 0.388 e. The van der Waals surface area contributed by atoms with Crippen LogP contribution in [0.15, 0.2) is 23.7 Å². The molecule has 2 aromatic heterocycles. The van der Waals surface area contributed by atoms with E-state index >= 15 is 0 Å². The zero-order valence-corrected chi connectivity index (χ0v) is 10.5. The van der Waals surface area contributed by atoms with Gasteiger partial charge in [-0.25, -0.2) is 4.98 Å². The molecule has 1 aliphatic carbocycles. The molecule has 0 unspecified atom stereocenters. The maximum Gasteiger partial charge on any atom is 0.134 e. The molecule has 0 saturated heterocycles. The Labute approximate surface area is 105 Å². The van der Waals surface area contributed by atoms with Crippen LogP contribution >= 0.6 is 11.3 Å². The fourth-order valence-electron chi connectivity index (χ4n) is 2.49. The summed E-state index contributed by atoms with van der Waals surface area (Å²) < 4.78 is 1.24. The lowest BCUT2D eigenvalue weighted by Crippen LogP contribution is -2.33. The molecule has 0 aromatic carbocycles. The van der Waals surface area contributed by atoms with E-state index < -0.39 is 5.60 Å². The Morgan fingerprint density at radius 2 is 2.18 bits per heavy atom. The second-order valence-electron chi connectivity index (χ2n) is 4.78. The number of nitrogens with zero attached hydrogens (tertiary/aromatic N) is 1. The summed E-state index contributed by atoms with van der Waals surface area (Å²) in [5.74, 6) is 0.893. The molecule has 3 rings (SSSR count). The van der Waals surface area contributed by atoms with Gasteiger partial charge in [0.15, 0.2) is 0 Å². The second kappa shape index (κ2) is 4.27. The van der Waals surface area contributed by atoms with Gasteiger partial charge >= 0.3 is 0 Å². The van der Waals surface area contributed by atoms with Crippen molar-refractivity contribution in [3.8, 4) is 0 Å². The molecule has 0 radical (unpaired) electrons. The number of fused-ring (bicyclic) bond motifs is 1. The molecule has 2 aromatic rings. The van der Waals surface area contributed by atoms with Gasteiger partial charge in [0.25, 0.3) is 0 Å². The van der Waals surface area contributed by atoms with Gasteiger partial charge in [0.2, 0.25) is 0 Å². The highest BCUT2D eigenvalue weighted by Gasteiger charge is 2.30. The van der Waals surface area contributed by atoms with Crippen LogP contribution in [0.3, 0.4) is 0 Å². The Morgan fingerprint density at radius 3 is 3.00 bits per heavy atom. The van der Waals surface area contributed by atoms with Gasteiger partial charge in [0.1, 0.15) is 5.82 Å². The van der Waals surface area contributed by atoms with Gasteiger partial charge < -0.3 is 10.4 Å². The third-order valence-electron chi connectivity index (χ3n) is 3.50. The molecule has 0 spiro atoms. The van der Waals surface area contributed by atoms with Gasteiger partial charge in [0.05, 0.1) is 5.60 Å². The number of pyridine rings is 1. The number of nitrogens with one attached hydrogen (secondary N) is 1. The first-order chi connectivity index (χ1) is 8.27. The summed E-state index contributed by atoms with van der Waals surface area (Å²) in [5.41, 5.74) is -0.528. The van der Waals surface area contributed by atoms with Crippen molar-refractivity contribution in [3.05, 3.63) is 23.7 Å². The summed E-state index contributed by atoms with van der Waals surface area (Å²) in [6.07, 6.45) is 5.89. The number of thiophene rings is 1. The Hall–Kier alpha value is -1.13. The van der Waals surface area contributed by atoms with Gasteiger partial charge in [-0.15, -0.1) is 11.3 Å². The van der Waals surface area contributed by atoms with Crippen molar-refractivity contribution in [2.45, 2.75) is 31.3 Å². The first-order valence-corrected chi connectivity index (χ1v) is 6.93. The highest BCUT2D eigenvalue weighted by atomic mass is 32.1. The molecule has 1 aliphatic rings. The number of hydrogen-bond acceptors (Lipinski definition) is 4. The molecular formula is C13H16N2OS. The Bertz CT molecular complexity index is 517. The fourth-order valence-corrected chi connectivity index (χ4v) is 3.28. The van der Waals surface area contributed by atoms with Gasteiger partial charge in [-0.1, -0.05) is 12.8 Å².